The highest BCUT2D eigenvalue weighted by atomic mass is 16.2. The number of rotatable bonds is 6. The Bertz CT molecular complexity index is 627. The minimum Gasteiger partial charge on any atom is -0.353 e. The van der Waals surface area contributed by atoms with Crippen molar-refractivity contribution >= 4 is 11.8 Å². The van der Waals surface area contributed by atoms with Gasteiger partial charge in [0.2, 0.25) is 11.8 Å². The van der Waals surface area contributed by atoms with Gasteiger partial charge in [-0.2, -0.15) is 0 Å². The van der Waals surface area contributed by atoms with Crippen LogP contribution in [0.2, 0.25) is 0 Å². The first-order valence-corrected chi connectivity index (χ1v) is 9.42. The van der Waals surface area contributed by atoms with Crippen LogP contribution < -0.4 is 5.32 Å². The highest BCUT2D eigenvalue weighted by Crippen LogP contribution is 2.23. The van der Waals surface area contributed by atoms with Gasteiger partial charge in [0, 0.05) is 31.1 Å². The van der Waals surface area contributed by atoms with Gasteiger partial charge in [0.05, 0.1) is 0 Å². The van der Waals surface area contributed by atoms with E-state index in [0.717, 1.165) is 44.1 Å². The molecule has 0 aromatic heterocycles. The van der Waals surface area contributed by atoms with Crippen LogP contribution >= 0.6 is 0 Å². The van der Waals surface area contributed by atoms with Crippen molar-refractivity contribution in [2.24, 2.45) is 5.92 Å². The number of piperidine rings is 1. The first-order chi connectivity index (χ1) is 12.1. The van der Waals surface area contributed by atoms with E-state index in [0.29, 0.717) is 19.1 Å². The van der Waals surface area contributed by atoms with Crippen molar-refractivity contribution in [1.29, 1.82) is 0 Å². The summed E-state index contributed by atoms with van der Waals surface area (Å²) in [5, 5.41) is 3.08. The van der Waals surface area contributed by atoms with Crippen LogP contribution in [-0.2, 0) is 16.0 Å². The molecular formula is C21H28N2O2. The van der Waals surface area contributed by atoms with Crippen LogP contribution in [0.3, 0.4) is 0 Å². The van der Waals surface area contributed by atoms with Crippen molar-refractivity contribution in [2.45, 2.75) is 51.5 Å². The largest absolute Gasteiger partial charge is 0.353 e. The first kappa shape index (κ1) is 17.7. The molecule has 0 unspecified atom stereocenters. The van der Waals surface area contributed by atoms with Crippen LogP contribution in [-0.4, -0.2) is 35.8 Å². The van der Waals surface area contributed by atoms with Crippen LogP contribution in [0.15, 0.2) is 42.0 Å². The maximum atomic E-state index is 12.4. The Labute approximate surface area is 150 Å². The summed E-state index contributed by atoms with van der Waals surface area (Å²) in [6, 6.07) is 10.8. The van der Waals surface area contributed by atoms with E-state index in [1.807, 2.05) is 30.0 Å². The topological polar surface area (TPSA) is 49.4 Å². The molecule has 25 heavy (non-hydrogen) atoms. The van der Waals surface area contributed by atoms with E-state index in [4.69, 9.17) is 0 Å². The summed E-state index contributed by atoms with van der Waals surface area (Å²) in [5.74, 6) is 0.351. The number of carbonyl (C=O) groups excluding carboxylic acids is 2. The lowest BCUT2D eigenvalue weighted by molar-refractivity contribution is -0.132. The Morgan fingerprint density at radius 3 is 2.44 bits per heavy atom. The van der Waals surface area contributed by atoms with Crippen LogP contribution in [0.25, 0.3) is 0 Å². The minimum atomic E-state index is 0.0767. The van der Waals surface area contributed by atoms with Gasteiger partial charge >= 0.3 is 0 Å². The molecule has 1 aliphatic heterocycles. The van der Waals surface area contributed by atoms with Crippen LogP contribution in [0.4, 0.5) is 0 Å². The van der Waals surface area contributed by atoms with Crippen molar-refractivity contribution in [2.75, 3.05) is 13.1 Å². The van der Waals surface area contributed by atoms with Gasteiger partial charge in [0.25, 0.3) is 0 Å². The molecule has 0 bridgehead atoms. The van der Waals surface area contributed by atoms with E-state index in [-0.39, 0.29) is 17.7 Å². The highest BCUT2D eigenvalue weighted by molar-refractivity contribution is 5.88. The van der Waals surface area contributed by atoms with Crippen molar-refractivity contribution < 1.29 is 9.59 Å². The zero-order chi connectivity index (χ0) is 17.6. The van der Waals surface area contributed by atoms with Crippen LogP contribution in [0.5, 0.6) is 0 Å². The smallest absolute Gasteiger partial charge is 0.246 e. The zero-order valence-corrected chi connectivity index (χ0v) is 15.0. The molecule has 0 atom stereocenters. The lowest BCUT2D eigenvalue weighted by atomic mass is 9.95. The van der Waals surface area contributed by atoms with E-state index < -0.39 is 0 Å². The predicted octanol–water partition coefficient (Wildman–Crippen LogP) is 3.08. The molecule has 1 aromatic rings. The van der Waals surface area contributed by atoms with E-state index in [1.165, 1.54) is 5.56 Å². The quantitative estimate of drug-likeness (QED) is 0.809. The number of nitrogens with zero attached hydrogens (tertiary/aromatic N) is 1. The van der Waals surface area contributed by atoms with Gasteiger partial charge in [-0.3, -0.25) is 9.59 Å². The molecule has 3 rings (SSSR count). The molecule has 1 aliphatic carbocycles. The molecule has 4 heteroatoms. The Balaban J connectivity index is 1.42. The predicted molar refractivity (Wildman–Crippen MR) is 99.0 cm³/mol. The average molecular weight is 340 g/mol. The van der Waals surface area contributed by atoms with Gasteiger partial charge in [-0.1, -0.05) is 35.9 Å². The summed E-state index contributed by atoms with van der Waals surface area (Å²) in [7, 11) is 0. The van der Waals surface area contributed by atoms with Gasteiger partial charge in [-0.05, 0) is 51.0 Å². The molecule has 2 amide bonds. The molecule has 1 aromatic carbocycles. The number of nitrogens with one attached hydrogen (secondary N) is 1. The van der Waals surface area contributed by atoms with E-state index in [9.17, 15) is 9.59 Å². The third kappa shape index (κ3) is 5.45. The molecule has 0 radical (unpaired) electrons. The molecule has 2 aliphatic rings. The van der Waals surface area contributed by atoms with E-state index in [1.54, 1.807) is 6.08 Å². The average Bonchev–Trinajstić information content (AvgIpc) is 3.45. The van der Waals surface area contributed by atoms with Crippen molar-refractivity contribution in [3.63, 3.8) is 0 Å². The molecule has 4 nitrogen and oxygen atoms in total. The fraction of sp³-hybridized carbons (Fsp3) is 0.524. The number of amides is 2. The van der Waals surface area contributed by atoms with Crippen molar-refractivity contribution in [1.82, 2.24) is 10.2 Å². The lowest BCUT2D eigenvalue weighted by Gasteiger charge is -2.30. The summed E-state index contributed by atoms with van der Waals surface area (Å²) in [6.07, 6.45) is 7.43. The number of hydrogen-bond donors (Lipinski definition) is 1. The van der Waals surface area contributed by atoms with Crippen LogP contribution in [0.1, 0.15) is 44.6 Å². The molecule has 1 N–H and O–H groups in total. The van der Waals surface area contributed by atoms with Gasteiger partial charge in [-0.25, -0.2) is 0 Å². The fourth-order valence-electron chi connectivity index (χ4n) is 3.27. The van der Waals surface area contributed by atoms with Gasteiger partial charge in [-0.15, -0.1) is 0 Å². The van der Waals surface area contributed by atoms with Crippen molar-refractivity contribution in [3.05, 3.63) is 47.5 Å². The summed E-state index contributed by atoms with van der Waals surface area (Å²) < 4.78 is 0. The summed E-state index contributed by atoms with van der Waals surface area (Å²) in [4.78, 5) is 26.4. The highest BCUT2D eigenvalue weighted by Gasteiger charge is 2.30. The molecule has 134 valence electrons. The molecule has 1 saturated carbocycles. The first-order valence-electron chi connectivity index (χ1n) is 9.42. The second-order valence-electron chi connectivity index (χ2n) is 7.36. The standard InChI is InChI=1S/C21H28N2O2/c1-16(7-8-17-5-3-2-4-6-17)15-20(24)23-13-11-18(12-14-23)21(25)22-19-9-10-19/h2-6,15,18-19H,7-14H2,1H3,(H,22,25). The number of aryl methyl sites for hydroxylation is 1. The number of carbonyl (C=O) groups is 2. The number of allylic oxidation sites excluding steroid dienone is 1. The maximum Gasteiger partial charge on any atom is 0.246 e. The molecular weight excluding hydrogens is 312 g/mol. The van der Waals surface area contributed by atoms with E-state index >= 15 is 0 Å². The van der Waals surface area contributed by atoms with Gasteiger partial charge in [0.15, 0.2) is 0 Å². The summed E-state index contributed by atoms with van der Waals surface area (Å²) in [5.41, 5.74) is 2.41. The normalized spacial score (nSPS) is 18.9. The summed E-state index contributed by atoms with van der Waals surface area (Å²) in [6.45, 7) is 3.39. The Hall–Kier alpha value is -2.10. The van der Waals surface area contributed by atoms with Gasteiger partial charge < -0.3 is 10.2 Å². The minimum absolute atomic E-state index is 0.0767. The Morgan fingerprint density at radius 2 is 1.80 bits per heavy atom. The Kier molecular flexibility index (Phi) is 5.90. The monoisotopic (exact) mass is 340 g/mol. The molecule has 2 fully saturated rings. The fourth-order valence-corrected chi connectivity index (χ4v) is 3.27. The van der Waals surface area contributed by atoms with Crippen LogP contribution in [0, 0.1) is 5.92 Å². The number of hydrogen-bond acceptors (Lipinski definition) is 2. The third-order valence-electron chi connectivity index (χ3n) is 5.12. The Morgan fingerprint density at radius 1 is 1.12 bits per heavy atom. The maximum absolute atomic E-state index is 12.4. The zero-order valence-electron chi connectivity index (χ0n) is 15.0. The second kappa shape index (κ2) is 8.32. The lowest BCUT2D eigenvalue weighted by Crippen LogP contribution is -2.43. The number of likely N-dealkylation sites (tertiary alicyclic amines) is 1. The summed E-state index contributed by atoms with van der Waals surface area (Å²) >= 11 is 0. The molecule has 0 spiro atoms. The van der Waals surface area contributed by atoms with E-state index in [2.05, 4.69) is 17.4 Å². The molecule has 1 saturated heterocycles. The van der Waals surface area contributed by atoms with Crippen molar-refractivity contribution in [3.8, 4) is 0 Å². The molecule has 1 heterocycles. The number of benzene rings is 1. The van der Waals surface area contributed by atoms with Gasteiger partial charge in [0.1, 0.15) is 0 Å². The SMILES string of the molecule is CC(=CC(=O)N1CCC(C(=O)NC2CC2)CC1)CCc1ccccc1. The third-order valence-corrected chi connectivity index (χ3v) is 5.12. The second-order valence-corrected chi connectivity index (χ2v) is 7.36.